The third kappa shape index (κ3) is 2.95. The number of aromatic nitrogens is 1. The highest BCUT2D eigenvalue weighted by Gasteiger charge is 1.99. The van der Waals surface area contributed by atoms with Gasteiger partial charge < -0.3 is 4.74 Å². The average molecular weight is 192 g/mol. The maximum atomic E-state index is 8.12. The number of methoxy groups -OCH3 is 1. The predicted molar refractivity (Wildman–Crippen MR) is 53.2 cm³/mol. The molecule has 0 amide bonds. The molecule has 1 heterocycles. The highest BCUT2D eigenvalue weighted by atomic mass is 16.5. The molecule has 5 heteroatoms. The summed E-state index contributed by atoms with van der Waals surface area (Å²) in [5.41, 5.74) is 10.1. The SMILES string of the molecule is COc1cc(CCN=[N+]=[N-])cc(C)n1. The van der Waals surface area contributed by atoms with Gasteiger partial charge in [0.1, 0.15) is 0 Å². The van der Waals surface area contributed by atoms with Gasteiger partial charge >= 0.3 is 0 Å². The topological polar surface area (TPSA) is 70.9 Å². The van der Waals surface area contributed by atoms with Crippen molar-refractivity contribution in [2.24, 2.45) is 5.11 Å². The van der Waals surface area contributed by atoms with Crippen LogP contribution >= 0.6 is 0 Å². The van der Waals surface area contributed by atoms with Gasteiger partial charge in [-0.3, -0.25) is 0 Å². The first kappa shape index (κ1) is 10.3. The number of hydrogen-bond donors (Lipinski definition) is 0. The van der Waals surface area contributed by atoms with Crippen LogP contribution in [-0.4, -0.2) is 18.6 Å². The fraction of sp³-hybridized carbons (Fsp3) is 0.444. The van der Waals surface area contributed by atoms with Crippen molar-refractivity contribution in [2.45, 2.75) is 13.3 Å². The smallest absolute Gasteiger partial charge is 0.213 e. The van der Waals surface area contributed by atoms with Gasteiger partial charge in [0.15, 0.2) is 0 Å². The van der Waals surface area contributed by atoms with Crippen molar-refractivity contribution in [3.05, 3.63) is 33.8 Å². The Labute approximate surface area is 82.4 Å². The summed E-state index contributed by atoms with van der Waals surface area (Å²) in [5.74, 6) is 0.598. The van der Waals surface area contributed by atoms with Crippen LogP contribution in [0.15, 0.2) is 17.2 Å². The normalized spacial score (nSPS) is 9.29. The zero-order valence-corrected chi connectivity index (χ0v) is 8.27. The zero-order chi connectivity index (χ0) is 10.4. The molecule has 1 aromatic rings. The van der Waals surface area contributed by atoms with Gasteiger partial charge in [-0.15, -0.1) is 0 Å². The van der Waals surface area contributed by atoms with Crippen molar-refractivity contribution in [3.63, 3.8) is 0 Å². The summed E-state index contributed by atoms with van der Waals surface area (Å²) in [5, 5.41) is 3.47. The van der Waals surface area contributed by atoms with E-state index in [1.165, 1.54) is 0 Å². The summed E-state index contributed by atoms with van der Waals surface area (Å²) in [6.07, 6.45) is 0.712. The number of rotatable bonds is 4. The van der Waals surface area contributed by atoms with Crippen molar-refractivity contribution >= 4 is 0 Å². The lowest BCUT2D eigenvalue weighted by Crippen LogP contribution is -1.95. The van der Waals surface area contributed by atoms with Crippen LogP contribution in [0.25, 0.3) is 10.4 Å². The molecule has 0 spiro atoms. The standard InChI is InChI=1S/C9H12N4O/c1-7-5-8(3-4-11-13-10)6-9(12-7)14-2/h5-6H,3-4H2,1-2H3. The summed E-state index contributed by atoms with van der Waals surface area (Å²) in [6, 6.07) is 3.80. The molecule has 0 unspecified atom stereocenters. The first-order valence-electron chi connectivity index (χ1n) is 4.28. The molecule has 0 saturated carbocycles. The third-order valence-corrected chi connectivity index (χ3v) is 1.76. The fourth-order valence-electron chi connectivity index (χ4n) is 1.18. The first-order valence-corrected chi connectivity index (χ1v) is 4.28. The summed E-state index contributed by atoms with van der Waals surface area (Å²) < 4.78 is 5.03. The summed E-state index contributed by atoms with van der Waals surface area (Å²) in [7, 11) is 1.58. The number of nitrogens with zero attached hydrogens (tertiary/aromatic N) is 4. The molecule has 1 rings (SSSR count). The molecule has 74 valence electrons. The summed E-state index contributed by atoms with van der Waals surface area (Å²) in [4.78, 5) is 6.85. The van der Waals surface area contributed by atoms with Crippen molar-refractivity contribution in [3.8, 4) is 5.88 Å². The molecule has 5 nitrogen and oxygen atoms in total. The van der Waals surface area contributed by atoms with Crippen molar-refractivity contribution in [1.82, 2.24) is 4.98 Å². The van der Waals surface area contributed by atoms with Crippen molar-refractivity contribution < 1.29 is 4.74 Å². The minimum Gasteiger partial charge on any atom is -0.481 e. The lowest BCUT2D eigenvalue weighted by Gasteiger charge is -2.03. The number of azide groups is 1. The highest BCUT2D eigenvalue weighted by Crippen LogP contribution is 2.12. The van der Waals surface area contributed by atoms with Crippen molar-refractivity contribution in [1.29, 1.82) is 0 Å². The van der Waals surface area contributed by atoms with Crippen LogP contribution in [0.2, 0.25) is 0 Å². The summed E-state index contributed by atoms with van der Waals surface area (Å²) >= 11 is 0. The average Bonchev–Trinajstić information content (AvgIpc) is 2.17. The van der Waals surface area contributed by atoms with E-state index in [1.54, 1.807) is 7.11 Å². The second-order valence-electron chi connectivity index (χ2n) is 2.86. The monoisotopic (exact) mass is 192 g/mol. The van der Waals surface area contributed by atoms with E-state index >= 15 is 0 Å². The Bertz CT molecular complexity index is 358. The Morgan fingerprint density at radius 3 is 3.00 bits per heavy atom. The molecule has 0 saturated heterocycles. The maximum absolute atomic E-state index is 8.12. The van der Waals surface area contributed by atoms with E-state index in [9.17, 15) is 0 Å². The lowest BCUT2D eigenvalue weighted by atomic mass is 10.2. The number of hydrogen-bond acceptors (Lipinski definition) is 3. The van der Waals surface area contributed by atoms with Gasteiger partial charge in [-0.05, 0) is 30.5 Å². The van der Waals surface area contributed by atoms with E-state index in [4.69, 9.17) is 10.3 Å². The van der Waals surface area contributed by atoms with Gasteiger partial charge in [0, 0.05) is 23.2 Å². The molecule has 0 atom stereocenters. The molecule has 0 bridgehead atoms. The van der Waals surface area contributed by atoms with E-state index in [0.717, 1.165) is 11.3 Å². The second kappa shape index (κ2) is 5.09. The van der Waals surface area contributed by atoms with Gasteiger partial charge in [-0.1, -0.05) is 5.11 Å². The molecule has 0 fully saturated rings. The molecule has 0 aliphatic carbocycles. The van der Waals surface area contributed by atoms with E-state index in [1.807, 2.05) is 19.1 Å². The van der Waals surface area contributed by atoms with Gasteiger partial charge in [-0.2, -0.15) is 0 Å². The highest BCUT2D eigenvalue weighted by molar-refractivity contribution is 5.24. The van der Waals surface area contributed by atoms with Crippen molar-refractivity contribution in [2.75, 3.05) is 13.7 Å². The number of ether oxygens (including phenoxy) is 1. The van der Waals surface area contributed by atoms with Crippen LogP contribution < -0.4 is 4.74 Å². The summed E-state index contributed by atoms with van der Waals surface area (Å²) in [6.45, 7) is 2.36. The molecular weight excluding hydrogens is 180 g/mol. The van der Waals surface area contributed by atoms with Crippen LogP contribution in [0.4, 0.5) is 0 Å². The molecule has 14 heavy (non-hydrogen) atoms. The molecular formula is C9H12N4O. The minimum atomic E-state index is 0.461. The molecule has 0 aliphatic heterocycles. The molecule has 1 aromatic heterocycles. The van der Waals surface area contributed by atoms with E-state index in [-0.39, 0.29) is 0 Å². The quantitative estimate of drug-likeness (QED) is 0.417. The molecule has 0 N–H and O–H groups in total. The van der Waals surface area contributed by atoms with Crippen LogP contribution in [0, 0.1) is 6.92 Å². The zero-order valence-electron chi connectivity index (χ0n) is 8.27. The Balaban J connectivity index is 2.75. The largest absolute Gasteiger partial charge is 0.481 e. The van der Waals surface area contributed by atoms with Crippen LogP contribution in [0.1, 0.15) is 11.3 Å². The third-order valence-electron chi connectivity index (χ3n) is 1.76. The van der Waals surface area contributed by atoms with E-state index in [2.05, 4.69) is 15.0 Å². The fourth-order valence-corrected chi connectivity index (χ4v) is 1.18. The van der Waals surface area contributed by atoms with Crippen LogP contribution in [-0.2, 0) is 6.42 Å². The Hall–Kier alpha value is -1.74. The van der Waals surface area contributed by atoms with E-state index in [0.29, 0.717) is 18.8 Å². The van der Waals surface area contributed by atoms with Gasteiger partial charge in [-0.25, -0.2) is 4.98 Å². The lowest BCUT2D eigenvalue weighted by molar-refractivity contribution is 0.396. The molecule has 0 aliphatic rings. The molecule has 0 radical (unpaired) electrons. The Morgan fingerprint density at radius 1 is 1.57 bits per heavy atom. The van der Waals surface area contributed by atoms with Gasteiger partial charge in [0.2, 0.25) is 5.88 Å². The Morgan fingerprint density at radius 2 is 2.36 bits per heavy atom. The second-order valence-corrected chi connectivity index (χ2v) is 2.86. The predicted octanol–water partition coefficient (Wildman–Crippen LogP) is 2.25. The van der Waals surface area contributed by atoms with Crippen LogP contribution in [0.3, 0.4) is 0 Å². The van der Waals surface area contributed by atoms with Gasteiger partial charge in [0.25, 0.3) is 0 Å². The number of aryl methyl sites for hydroxylation is 1. The first-order chi connectivity index (χ1) is 6.76. The molecule has 0 aromatic carbocycles. The van der Waals surface area contributed by atoms with E-state index < -0.39 is 0 Å². The van der Waals surface area contributed by atoms with Crippen LogP contribution in [0.5, 0.6) is 5.88 Å². The Kier molecular flexibility index (Phi) is 3.76. The maximum Gasteiger partial charge on any atom is 0.213 e. The minimum absolute atomic E-state index is 0.461. The number of pyridine rings is 1. The van der Waals surface area contributed by atoms with Gasteiger partial charge in [0.05, 0.1) is 7.11 Å².